The van der Waals surface area contributed by atoms with Crippen molar-refractivity contribution in [1.82, 2.24) is 55.1 Å². The van der Waals surface area contributed by atoms with Crippen LogP contribution in [0, 0.1) is 13.8 Å². The van der Waals surface area contributed by atoms with E-state index in [2.05, 4.69) is 46.1 Å². The first-order chi connectivity index (χ1) is 34.6. The number of nitrogens with two attached hydrogens (primary N) is 1. The van der Waals surface area contributed by atoms with Crippen LogP contribution in [-0.4, -0.2) is 93.1 Å². The number of benzene rings is 3. The Bertz CT molecular complexity index is 3330. The number of rotatable bonds is 10. The highest BCUT2D eigenvalue weighted by atomic mass is 16.6. The minimum atomic E-state index is -0.675. The number of fused-ring (bicyclic) bond motifs is 4. The van der Waals surface area contributed by atoms with Crippen LogP contribution in [0.3, 0.4) is 0 Å². The van der Waals surface area contributed by atoms with Crippen LogP contribution in [0.4, 0.5) is 5.69 Å². The third-order valence-electron chi connectivity index (χ3n) is 12.3. The maximum absolute atomic E-state index is 13.5. The summed E-state index contributed by atoms with van der Waals surface area (Å²) in [5, 5.41) is 17.0. The smallest absolute Gasteiger partial charge is 0.356 e. The van der Waals surface area contributed by atoms with Gasteiger partial charge >= 0.3 is 17.9 Å². The van der Waals surface area contributed by atoms with Crippen LogP contribution >= 0.6 is 0 Å². The van der Waals surface area contributed by atoms with Crippen LogP contribution < -0.4 is 21.7 Å². The van der Waals surface area contributed by atoms with Gasteiger partial charge in [-0.25, -0.2) is 24.4 Å². The molecule has 21 nitrogen and oxygen atoms in total. The molecule has 74 heavy (non-hydrogen) atoms. The van der Waals surface area contributed by atoms with Crippen molar-refractivity contribution < 1.29 is 43.0 Å². The number of esters is 3. The second-order valence-electron chi connectivity index (χ2n) is 19.7. The Labute approximate surface area is 427 Å². The number of carbonyl (C=O) groups excluding carboxylic acids is 6. The quantitative estimate of drug-likeness (QED) is 0.0642. The van der Waals surface area contributed by atoms with Crippen molar-refractivity contribution in [1.29, 1.82) is 0 Å². The van der Waals surface area contributed by atoms with E-state index >= 15 is 0 Å². The summed E-state index contributed by atoms with van der Waals surface area (Å²) in [6.45, 7) is 15.1. The van der Waals surface area contributed by atoms with Gasteiger partial charge in [-0.3, -0.25) is 14.4 Å². The molecule has 0 bridgehead atoms. The second kappa shape index (κ2) is 21.2. The Balaban J connectivity index is 0.000000217. The van der Waals surface area contributed by atoms with E-state index < -0.39 is 34.9 Å². The largest absolute Gasteiger partial charge is 0.464 e. The van der Waals surface area contributed by atoms with E-state index in [4.69, 9.17) is 19.9 Å². The number of nitrogens with one attached hydrogen (secondary N) is 3. The normalized spacial score (nSPS) is 14.7. The summed E-state index contributed by atoms with van der Waals surface area (Å²) < 4.78 is 18.4. The first-order valence-electron chi connectivity index (χ1n) is 23.5. The molecule has 386 valence electrons. The molecule has 0 saturated carbocycles. The zero-order valence-corrected chi connectivity index (χ0v) is 41.9. The van der Waals surface area contributed by atoms with E-state index in [1.54, 1.807) is 24.3 Å². The lowest BCUT2D eigenvalue weighted by atomic mass is 9.97. The van der Waals surface area contributed by atoms with Gasteiger partial charge in [0, 0.05) is 24.4 Å². The molecule has 0 aliphatic heterocycles. The Hall–Kier alpha value is -8.62. The lowest BCUT2D eigenvalue weighted by molar-refractivity contribution is 0.00559. The molecule has 7 aromatic rings. The van der Waals surface area contributed by atoms with Crippen LogP contribution in [0.1, 0.15) is 176 Å². The van der Waals surface area contributed by atoms with Crippen molar-refractivity contribution in [3.63, 3.8) is 0 Å². The van der Waals surface area contributed by atoms with Crippen LogP contribution in [-0.2, 0) is 33.6 Å². The zero-order valence-electron chi connectivity index (χ0n) is 41.9. The Morgan fingerprint density at radius 2 is 1.08 bits per heavy atom. The molecule has 0 saturated heterocycles. The van der Waals surface area contributed by atoms with Gasteiger partial charge in [0.2, 0.25) is 0 Å². The molecular weight excluding hydrogens is 949 g/mol. The molecule has 5 N–H and O–H groups in total. The average molecular weight is 1010 g/mol. The van der Waals surface area contributed by atoms with Gasteiger partial charge in [-0.15, -0.1) is 0 Å². The molecule has 4 aromatic heterocycles. The summed E-state index contributed by atoms with van der Waals surface area (Å²) in [5.41, 5.74) is 13.0. The fourth-order valence-electron chi connectivity index (χ4n) is 8.81. The number of amides is 3. The number of nitrogen functional groups attached to an aromatic ring is 1. The molecule has 9 rings (SSSR count). The number of carbonyl (C=O) groups is 6. The SMILES string of the molecule is C.COC(=O)c1cc(C(=O)N[C@H]2CCc3c2ccc(C(=O)OC(C)(C)C)c3C)n2ncnc2n1.Cc1c(C(=O)OC(C)(C)C)ccc2c1CC[C@@H]2NC(=O)c1cc(C(=O)NCc2ccc(N)cc2)nc2ncnn12. The molecule has 0 radical (unpaired) electrons. The van der Waals surface area contributed by atoms with E-state index in [0.29, 0.717) is 42.5 Å². The van der Waals surface area contributed by atoms with Crippen molar-refractivity contribution in [3.8, 4) is 0 Å². The fraction of sp³-hybridized carbons (Fsp3) is 0.358. The van der Waals surface area contributed by atoms with Gasteiger partial charge in [-0.2, -0.15) is 29.2 Å². The number of anilines is 1. The standard InChI is InChI=1S/C29H31N7O4.C23H25N5O5.CH4/c1-16-19-11-12-22(21(19)10-9-20(16)27(39)40-29(2,3)4)34-26(38)24-13-23(35-28-32-15-33-36(24)28)25(37)31-14-17-5-7-18(30)8-6-17;1-12-13-8-9-16(15(13)7-6-14(12)20(30)33-23(2,3)4)26-19(29)18-10-17(21(31)32-5)27-22-24-11-25-28(18)22;/h5-10,13,15,22H,11-12,14,30H2,1-4H3,(H,31,37)(H,34,38);6-7,10-11,16H,8-9H2,1-5H3,(H,26,29);1H4/t22-;16-;/m00./s1. The molecule has 21 heteroatoms. The molecule has 2 atom stereocenters. The Morgan fingerprint density at radius 1 is 0.635 bits per heavy atom. The van der Waals surface area contributed by atoms with E-state index in [1.165, 1.54) is 40.9 Å². The number of hydrogen-bond donors (Lipinski definition) is 4. The van der Waals surface area contributed by atoms with Crippen LogP contribution in [0.2, 0.25) is 0 Å². The maximum Gasteiger partial charge on any atom is 0.356 e. The monoisotopic (exact) mass is 1010 g/mol. The summed E-state index contributed by atoms with van der Waals surface area (Å²) in [6, 6.07) is 16.6. The van der Waals surface area contributed by atoms with E-state index in [9.17, 15) is 28.8 Å². The predicted octanol–water partition coefficient (Wildman–Crippen LogP) is 6.55. The molecule has 0 fully saturated rings. The minimum Gasteiger partial charge on any atom is -0.464 e. The third-order valence-corrected chi connectivity index (χ3v) is 12.3. The van der Waals surface area contributed by atoms with Crippen molar-refractivity contribution in [3.05, 3.63) is 146 Å². The van der Waals surface area contributed by atoms with Gasteiger partial charge in [0.05, 0.1) is 30.3 Å². The zero-order chi connectivity index (χ0) is 52.5. The van der Waals surface area contributed by atoms with Crippen molar-refractivity contribution >= 4 is 52.9 Å². The van der Waals surface area contributed by atoms with E-state index in [-0.39, 0.29) is 72.3 Å². The fourth-order valence-corrected chi connectivity index (χ4v) is 8.81. The van der Waals surface area contributed by atoms with E-state index in [1.807, 2.05) is 79.7 Å². The molecule has 2 aliphatic rings. The van der Waals surface area contributed by atoms with Crippen LogP contribution in [0.5, 0.6) is 0 Å². The predicted molar refractivity (Wildman–Crippen MR) is 271 cm³/mol. The molecule has 0 unspecified atom stereocenters. The molecule has 3 amide bonds. The topological polar surface area (TPSA) is 278 Å². The number of aromatic nitrogens is 8. The highest BCUT2D eigenvalue weighted by molar-refractivity contribution is 5.99. The summed E-state index contributed by atoms with van der Waals surface area (Å²) >= 11 is 0. The maximum atomic E-state index is 13.5. The summed E-state index contributed by atoms with van der Waals surface area (Å²) in [4.78, 5) is 93.2. The molecule has 3 aromatic carbocycles. The third kappa shape index (κ3) is 11.5. The van der Waals surface area contributed by atoms with Crippen molar-refractivity contribution in [2.75, 3.05) is 12.8 Å². The number of ether oxygens (including phenoxy) is 3. The van der Waals surface area contributed by atoms with Gasteiger partial charge in [0.1, 0.15) is 40.9 Å². The molecule has 0 spiro atoms. The highest BCUT2D eigenvalue weighted by Gasteiger charge is 2.32. The van der Waals surface area contributed by atoms with Crippen LogP contribution in [0.25, 0.3) is 11.6 Å². The van der Waals surface area contributed by atoms with Crippen molar-refractivity contribution in [2.24, 2.45) is 0 Å². The first kappa shape index (κ1) is 53.2. The molecule has 4 heterocycles. The summed E-state index contributed by atoms with van der Waals surface area (Å²) in [7, 11) is 1.24. The first-order valence-corrected chi connectivity index (χ1v) is 23.5. The van der Waals surface area contributed by atoms with Gasteiger partial charge in [-0.05, 0) is 144 Å². The second-order valence-corrected chi connectivity index (χ2v) is 19.7. The summed E-state index contributed by atoms with van der Waals surface area (Å²) in [6.07, 6.45) is 5.30. The molecular formula is C53H60N12O9. The van der Waals surface area contributed by atoms with Gasteiger partial charge in [0.25, 0.3) is 29.3 Å². The van der Waals surface area contributed by atoms with Crippen LogP contribution in [0.15, 0.2) is 73.3 Å². The Morgan fingerprint density at radius 3 is 1.53 bits per heavy atom. The highest BCUT2D eigenvalue weighted by Crippen LogP contribution is 2.37. The van der Waals surface area contributed by atoms with Gasteiger partial charge in [-0.1, -0.05) is 31.7 Å². The van der Waals surface area contributed by atoms with Gasteiger partial charge in [0.15, 0.2) is 5.69 Å². The number of nitrogens with zero attached hydrogens (tertiary/aromatic N) is 8. The van der Waals surface area contributed by atoms with Crippen molar-refractivity contribution in [2.45, 2.75) is 118 Å². The summed E-state index contributed by atoms with van der Waals surface area (Å²) in [5.74, 6) is -2.45. The minimum absolute atomic E-state index is 0. The number of hydrogen-bond acceptors (Lipinski definition) is 16. The Kier molecular flexibility index (Phi) is 15.3. The molecule has 2 aliphatic carbocycles. The average Bonchev–Trinajstić information content (AvgIpc) is 4.17. The lowest BCUT2D eigenvalue weighted by Gasteiger charge is -2.21. The van der Waals surface area contributed by atoms with E-state index in [0.717, 1.165) is 38.9 Å². The number of methoxy groups -OCH3 is 1. The van der Waals surface area contributed by atoms with Gasteiger partial charge < -0.3 is 35.9 Å². The lowest BCUT2D eigenvalue weighted by Crippen LogP contribution is -2.31.